The summed E-state index contributed by atoms with van der Waals surface area (Å²) in [5.41, 5.74) is 1.94. The first kappa shape index (κ1) is 24.8. The van der Waals surface area contributed by atoms with Gasteiger partial charge in [-0.15, -0.1) is 35.3 Å². The lowest BCUT2D eigenvalue weighted by molar-refractivity contribution is -0.131. The predicted octanol–water partition coefficient (Wildman–Crippen LogP) is 3.57. The van der Waals surface area contributed by atoms with E-state index in [0.29, 0.717) is 18.7 Å². The lowest BCUT2D eigenvalue weighted by Crippen LogP contribution is -2.52. The number of benzene rings is 1. The Balaban J connectivity index is 0.00000289. The summed E-state index contributed by atoms with van der Waals surface area (Å²) in [5, 5.41) is 5.45. The maximum Gasteiger partial charge on any atom is 0.224 e. The quantitative estimate of drug-likeness (QED) is 0.339. The summed E-state index contributed by atoms with van der Waals surface area (Å²) in [5.74, 6) is 0.824. The number of halogens is 2. The highest BCUT2D eigenvalue weighted by Crippen LogP contribution is 2.24. The summed E-state index contributed by atoms with van der Waals surface area (Å²) in [6.07, 6.45) is 1.38. The van der Waals surface area contributed by atoms with Crippen molar-refractivity contribution in [2.75, 3.05) is 50.7 Å². The van der Waals surface area contributed by atoms with Gasteiger partial charge in [0.1, 0.15) is 5.82 Å². The van der Waals surface area contributed by atoms with Crippen molar-refractivity contribution in [2.45, 2.75) is 26.3 Å². The van der Waals surface area contributed by atoms with E-state index in [-0.39, 0.29) is 35.7 Å². The minimum Gasteiger partial charge on any atom is -0.366 e. The number of piperazine rings is 1. The molecule has 0 unspecified atom stereocenters. The SMILES string of the molecule is CCNC(=NCCC(=O)N1CCc2sccc2C1)N1CCN(c2ccccc2F)CC1.I. The smallest absolute Gasteiger partial charge is 0.224 e. The number of hydrogen-bond acceptors (Lipinski definition) is 4. The third-order valence-electron chi connectivity index (χ3n) is 5.85. The zero-order valence-electron chi connectivity index (χ0n) is 18.4. The fourth-order valence-electron chi connectivity index (χ4n) is 4.17. The molecule has 4 rings (SSSR count). The first-order chi connectivity index (χ1) is 15.2. The van der Waals surface area contributed by atoms with Gasteiger partial charge in [-0.05, 0) is 42.5 Å². The number of anilines is 1. The van der Waals surface area contributed by atoms with E-state index in [1.165, 1.54) is 16.5 Å². The van der Waals surface area contributed by atoms with Crippen LogP contribution in [0.15, 0.2) is 40.7 Å². The Morgan fingerprint density at radius 2 is 1.91 bits per heavy atom. The molecule has 0 atom stereocenters. The summed E-state index contributed by atoms with van der Waals surface area (Å²) in [4.78, 5) is 25.0. The Morgan fingerprint density at radius 3 is 2.66 bits per heavy atom. The van der Waals surface area contributed by atoms with E-state index >= 15 is 0 Å². The molecule has 6 nitrogen and oxygen atoms in total. The number of thiophene rings is 1. The van der Waals surface area contributed by atoms with E-state index in [0.717, 1.165) is 58.2 Å². The summed E-state index contributed by atoms with van der Waals surface area (Å²) < 4.78 is 14.1. The molecule has 174 valence electrons. The van der Waals surface area contributed by atoms with Gasteiger partial charge in [-0.1, -0.05) is 12.1 Å². The number of amides is 1. The Hall–Kier alpha value is -1.88. The largest absolute Gasteiger partial charge is 0.366 e. The van der Waals surface area contributed by atoms with Crippen molar-refractivity contribution in [3.63, 3.8) is 0 Å². The van der Waals surface area contributed by atoms with E-state index < -0.39 is 0 Å². The topological polar surface area (TPSA) is 51.2 Å². The van der Waals surface area contributed by atoms with Gasteiger partial charge < -0.3 is 20.0 Å². The zero-order chi connectivity index (χ0) is 21.6. The molecule has 1 N–H and O–H groups in total. The molecule has 1 saturated heterocycles. The number of aliphatic imine (C=N–C) groups is 1. The maximum absolute atomic E-state index is 14.1. The number of nitrogens with zero attached hydrogens (tertiary/aromatic N) is 4. The van der Waals surface area contributed by atoms with Crippen molar-refractivity contribution >= 4 is 52.9 Å². The van der Waals surface area contributed by atoms with Gasteiger partial charge in [0.15, 0.2) is 5.96 Å². The van der Waals surface area contributed by atoms with Gasteiger partial charge in [0.2, 0.25) is 5.91 Å². The van der Waals surface area contributed by atoms with Crippen LogP contribution in [0.1, 0.15) is 23.8 Å². The molecule has 0 spiro atoms. The first-order valence-electron chi connectivity index (χ1n) is 11.0. The molecule has 2 aliphatic heterocycles. The third kappa shape index (κ3) is 5.92. The summed E-state index contributed by atoms with van der Waals surface area (Å²) >= 11 is 1.78. The van der Waals surface area contributed by atoms with Gasteiger partial charge in [0.05, 0.1) is 12.2 Å². The Morgan fingerprint density at radius 1 is 1.12 bits per heavy atom. The van der Waals surface area contributed by atoms with Gasteiger partial charge >= 0.3 is 0 Å². The lowest BCUT2D eigenvalue weighted by Gasteiger charge is -2.37. The Kier molecular flexibility index (Phi) is 9.15. The molecule has 9 heteroatoms. The average Bonchev–Trinajstić information content (AvgIpc) is 3.27. The number of fused-ring (bicyclic) bond motifs is 1. The maximum atomic E-state index is 14.1. The van der Waals surface area contributed by atoms with E-state index in [1.54, 1.807) is 17.4 Å². The molecule has 0 saturated carbocycles. The number of nitrogens with one attached hydrogen (secondary N) is 1. The van der Waals surface area contributed by atoms with Gasteiger partial charge in [-0.2, -0.15) is 0 Å². The molecule has 32 heavy (non-hydrogen) atoms. The second kappa shape index (κ2) is 11.8. The highest BCUT2D eigenvalue weighted by Gasteiger charge is 2.23. The average molecular weight is 572 g/mol. The fraction of sp³-hybridized carbons (Fsp3) is 0.478. The number of guanidine groups is 1. The van der Waals surface area contributed by atoms with Gasteiger partial charge in [0.25, 0.3) is 0 Å². The second-order valence-corrected chi connectivity index (χ2v) is 8.85. The van der Waals surface area contributed by atoms with Crippen LogP contribution in [0.5, 0.6) is 0 Å². The van der Waals surface area contributed by atoms with Crippen LogP contribution in [0.2, 0.25) is 0 Å². The highest BCUT2D eigenvalue weighted by molar-refractivity contribution is 14.0. The molecule has 0 aliphatic carbocycles. The predicted molar refractivity (Wildman–Crippen MR) is 140 cm³/mol. The van der Waals surface area contributed by atoms with Crippen molar-refractivity contribution < 1.29 is 9.18 Å². The van der Waals surface area contributed by atoms with E-state index in [1.807, 2.05) is 24.0 Å². The molecular weight excluding hydrogens is 540 g/mol. The Labute approximate surface area is 210 Å². The monoisotopic (exact) mass is 571 g/mol. The lowest BCUT2D eigenvalue weighted by atomic mass is 10.1. The number of para-hydroxylation sites is 1. The van der Waals surface area contributed by atoms with Crippen LogP contribution in [0.4, 0.5) is 10.1 Å². The van der Waals surface area contributed by atoms with Crippen molar-refractivity contribution in [3.8, 4) is 0 Å². The standard InChI is InChI=1S/C23H30FN5OS.HI/c1-2-25-23(28-14-12-27(13-15-28)20-6-4-3-5-19(20)24)26-10-7-22(30)29-11-8-21-18(17-29)9-16-31-21;/h3-6,9,16H,2,7-8,10-15,17H2,1H3,(H,25,26);1H. The summed E-state index contributed by atoms with van der Waals surface area (Å²) in [6.45, 7) is 7.81. The normalized spacial score (nSPS) is 16.4. The first-order valence-corrected chi connectivity index (χ1v) is 11.9. The molecular formula is C23H31FIN5OS. The minimum atomic E-state index is -0.178. The van der Waals surface area contributed by atoms with Crippen molar-refractivity contribution in [1.82, 2.24) is 15.1 Å². The van der Waals surface area contributed by atoms with Crippen molar-refractivity contribution in [1.29, 1.82) is 0 Å². The molecule has 1 aromatic heterocycles. The molecule has 0 radical (unpaired) electrons. The molecule has 2 aromatic rings. The van der Waals surface area contributed by atoms with Crippen LogP contribution >= 0.6 is 35.3 Å². The van der Waals surface area contributed by atoms with Gasteiger partial charge in [0, 0.05) is 57.1 Å². The van der Waals surface area contributed by atoms with Crippen LogP contribution in [0, 0.1) is 5.82 Å². The molecule has 1 aromatic carbocycles. The zero-order valence-corrected chi connectivity index (χ0v) is 21.6. The highest BCUT2D eigenvalue weighted by atomic mass is 127. The molecule has 2 aliphatic rings. The van der Waals surface area contributed by atoms with Crippen LogP contribution in [-0.4, -0.2) is 67.5 Å². The fourth-order valence-corrected chi connectivity index (χ4v) is 5.06. The minimum absolute atomic E-state index is 0. The van der Waals surface area contributed by atoms with Crippen molar-refractivity contribution in [2.24, 2.45) is 4.99 Å². The van der Waals surface area contributed by atoms with E-state index in [4.69, 9.17) is 4.99 Å². The summed E-state index contributed by atoms with van der Waals surface area (Å²) in [6, 6.07) is 9.05. The third-order valence-corrected chi connectivity index (χ3v) is 6.88. The molecule has 3 heterocycles. The second-order valence-electron chi connectivity index (χ2n) is 7.85. The van der Waals surface area contributed by atoms with Crippen LogP contribution < -0.4 is 10.2 Å². The van der Waals surface area contributed by atoms with Crippen LogP contribution in [0.25, 0.3) is 0 Å². The van der Waals surface area contributed by atoms with E-state index in [2.05, 4.69) is 26.6 Å². The number of rotatable bonds is 5. The molecule has 1 fully saturated rings. The summed E-state index contributed by atoms with van der Waals surface area (Å²) in [7, 11) is 0. The van der Waals surface area contributed by atoms with E-state index in [9.17, 15) is 9.18 Å². The number of carbonyl (C=O) groups is 1. The van der Waals surface area contributed by atoms with Crippen LogP contribution in [0.3, 0.4) is 0 Å². The van der Waals surface area contributed by atoms with Crippen LogP contribution in [-0.2, 0) is 17.8 Å². The molecule has 0 bridgehead atoms. The van der Waals surface area contributed by atoms with Gasteiger partial charge in [-0.25, -0.2) is 4.39 Å². The Bertz CT molecular complexity index is 929. The van der Waals surface area contributed by atoms with Crippen molar-refractivity contribution in [3.05, 3.63) is 52.0 Å². The number of carbonyl (C=O) groups excluding carboxylic acids is 1. The molecule has 1 amide bonds. The van der Waals surface area contributed by atoms with Gasteiger partial charge in [-0.3, -0.25) is 9.79 Å². The number of hydrogen-bond donors (Lipinski definition) is 1.